The third kappa shape index (κ3) is 5.02. The Hall–Kier alpha value is -3.60. The van der Waals surface area contributed by atoms with E-state index in [1.54, 1.807) is 6.07 Å². The van der Waals surface area contributed by atoms with Gasteiger partial charge in [0.15, 0.2) is 5.75 Å². The largest absolute Gasteiger partial charge is 0.505 e. The van der Waals surface area contributed by atoms with E-state index in [1.165, 1.54) is 6.07 Å². The Bertz CT molecular complexity index is 2280. The van der Waals surface area contributed by atoms with Gasteiger partial charge < -0.3 is 11.3 Å². The molecule has 2 aliphatic rings. The molecule has 0 aliphatic heterocycles. The molecule has 8 N–H and O–H groups in total. The molecule has 3 aromatic rings. The van der Waals surface area contributed by atoms with E-state index in [2.05, 4.69) is 10.2 Å². The number of aromatic hydroxyl groups is 1. The zero-order valence-electron chi connectivity index (χ0n) is 19.3. The molecule has 0 saturated carbocycles. The minimum absolute atomic E-state index is 0. The van der Waals surface area contributed by atoms with Crippen molar-refractivity contribution < 1.29 is 57.0 Å². The van der Waals surface area contributed by atoms with Crippen LogP contribution in [0.4, 0.5) is 11.4 Å². The molecule has 0 spiro atoms. The first-order valence-electron chi connectivity index (χ1n) is 10.0. The van der Waals surface area contributed by atoms with Gasteiger partial charge in [0.1, 0.15) is 26.1 Å². The SMILES string of the molecule is N.O=S(=O)(O)c1cc(S(=O)(=O)O)c2cc(N=Nc3c(S(=O)(=O)O)cc4c5cc-5cc4c3O)c(S(=O)(=O)O)cc2c1. The second-order valence-electron chi connectivity index (χ2n) is 8.25. The smallest absolute Gasteiger partial charge is 0.296 e. The van der Waals surface area contributed by atoms with E-state index in [-0.39, 0.29) is 16.9 Å². The molecule has 0 fully saturated rings. The molecular weight excluding hydrogens is 618 g/mol. The predicted molar refractivity (Wildman–Crippen MR) is 137 cm³/mol. The highest BCUT2D eigenvalue weighted by molar-refractivity contribution is 7.87. The van der Waals surface area contributed by atoms with Gasteiger partial charge in [-0.1, -0.05) is 0 Å². The summed E-state index contributed by atoms with van der Waals surface area (Å²) < 4.78 is 134. The maximum Gasteiger partial charge on any atom is 0.296 e. The molecule has 16 nitrogen and oxygen atoms in total. The van der Waals surface area contributed by atoms with Gasteiger partial charge in [-0.2, -0.15) is 33.7 Å². The van der Waals surface area contributed by atoms with Crippen LogP contribution in [0, 0.1) is 0 Å². The van der Waals surface area contributed by atoms with Crippen molar-refractivity contribution in [1.82, 2.24) is 6.15 Å². The number of nitrogens with zero attached hydrogens (tertiary/aromatic N) is 2. The van der Waals surface area contributed by atoms with Gasteiger partial charge in [0.2, 0.25) is 0 Å². The minimum Gasteiger partial charge on any atom is -0.505 e. The highest BCUT2D eigenvalue weighted by Gasteiger charge is 2.28. The molecule has 0 heterocycles. The summed E-state index contributed by atoms with van der Waals surface area (Å²) in [6.45, 7) is 0. The van der Waals surface area contributed by atoms with E-state index < -0.39 is 88.0 Å². The lowest BCUT2D eigenvalue weighted by Crippen LogP contribution is -2.05. The zero-order chi connectivity index (χ0) is 28.9. The second-order valence-corrected chi connectivity index (χ2v) is 13.8. The Labute approximate surface area is 225 Å². The van der Waals surface area contributed by atoms with Crippen LogP contribution in [0.1, 0.15) is 0 Å². The van der Waals surface area contributed by atoms with Crippen molar-refractivity contribution in [3.8, 4) is 16.9 Å². The van der Waals surface area contributed by atoms with Crippen LogP contribution >= 0.6 is 0 Å². The van der Waals surface area contributed by atoms with Crippen molar-refractivity contribution in [2.45, 2.75) is 19.6 Å². The van der Waals surface area contributed by atoms with E-state index in [0.29, 0.717) is 35.4 Å². The predicted octanol–water partition coefficient (Wildman–Crippen LogP) is 3.24. The molecule has 3 aromatic carbocycles. The highest BCUT2D eigenvalue weighted by atomic mass is 32.2. The maximum atomic E-state index is 12.1. The van der Waals surface area contributed by atoms with E-state index in [1.807, 2.05) is 0 Å². The Balaban J connectivity index is 0.00000370. The van der Waals surface area contributed by atoms with E-state index in [9.17, 15) is 57.0 Å². The second kappa shape index (κ2) is 8.95. The Kier molecular flexibility index (Phi) is 6.58. The van der Waals surface area contributed by atoms with Crippen LogP contribution in [0.2, 0.25) is 0 Å². The first-order chi connectivity index (χ1) is 17.8. The number of phenols is 1. The molecule has 2 aliphatic carbocycles. The van der Waals surface area contributed by atoms with Gasteiger partial charge in [-0.3, -0.25) is 18.2 Å². The van der Waals surface area contributed by atoms with E-state index in [4.69, 9.17) is 0 Å². The van der Waals surface area contributed by atoms with Crippen LogP contribution in [0.5, 0.6) is 5.75 Å². The van der Waals surface area contributed by atoms with Crippen molar-refractivity contribution >= 4 is 73.4 Å². The Morgan fingerprint density at radius 2 is 1.15 bits per heavy atom. The average molecular weight is 634 g/mol. The maximum absolute atomic E-state index is 12.1. The fraction of sp³-hybridized carbons (Fsp3) is 0. The van der Waals surface area contributed by atoms with Crippen LogP contribution < -0.4 is 6.15 Å². The lowest BCUT2D eigenvalue weighted by Gasteiger charge is -2.11. The van der Waals surface area contributed by atoms with Crippen LogP contribution in [0.15, 0.2) is 72.3 Å². The van der Waals surface area contributed by atoms with Gasteiger partial charge in [0.25, 0.3) is 40.5 Å². The topological polar surface area (TPSA) is 297 Å². The number of rotatable bonds is 6. The van der Waals surface area contributed by atoms with Crippen LogP contribution in [0.25, 0.3) is 32.7 Å². The summed E-state index contributed by atoms with van der Waals surface area (Å²) in [5.41, 5.74) is -0.382. The molecular formula is C20H15N3O13S4. The molecule has 0 atom stereocenters. The number of phenolic OH excluding ortho intramolecular Hbond substituents is 1. The van der Waals surface area contributed by atoms with E-state index in [0.717, 1.165) is 6.07 Å². The third-order valence-corrected chi connectivity index (χ3v) is 9.23. The molecule has 0 unspecified atom stereocenters. The highest BCUT2D eigenvalue weighted by Crippen LogP contribution is 2.51. The summed E-state index contributed by atoms with van der Waals surface area (Å²) in [7, 11) is -20.5. The summed E-state index contributed by atoms with van der Waals surface area (Å²) in [6, 6.07) is 6.38. The molecule has 0 amide bonds. The lowest BCUT2D eigenvalue weighted by molar-refractivity contribution is 0.472. The zero-order valence-corrected chi connectivity index (χ0v) is 22.5. The number of hydrogen-bond acceptors (Lipinski definition) is 12. The summed E-state index contributed by atoms with van der Waals surface area (Å²) in [5, 5.41) is 17.1. The van der Waals surface area contributed by atoms with Crippen molar-refractivity contribution in [2.75, 3.05) is 0 Å². The third-order valence-electron chi connectivity index (χ3n) is 5.75. The fourth-order valence-corrected chi connectivity index (χ4v) is 6.65. The first-order valence-corrected chi connectivity index (χ1v) is 15.8. The molecule has 40 heavy (non-hydrogen) atoms. The normalized spacial score (nSPS) is 13.6. The van der Waals surface area contributed by atoms with Crippen LogP contribution in [-0.2, 0) is 40.5 Å². The Morgan fingerprint density at radius 1 is 0.550 bits per heavy atom. The summed E-state index contributed by atoms with van der Waals surface area (Å²) in [5.74, 6) is -0.755. The summed E-state index contributed by atoms with van der Waals surface area (Å²) in [6.07, 6.45) is 0. The lowest BCUT2D eigenvalue weighted by atomic mass is 10.1. The van der Waals surface area contributed by atoms with Gasteiger partial charge in [-0.25, -0.2) is 0 Å². The molecule has 5 rings (SSSR count). The van der Waals surface area contributed by atoms with Crippen LogP contribution in [-0.4, -0.2) is 57.0 Å². The van der Waals surface area contributed by atoms with Gasteiger partial charge >= 0.3 is 0 Å². The molecule has 0 bridgehead atoms. The number of benzene rings is 4. The number of azo groups is 1. The monoisotopic (exact) mass is 633 g/mol. The molecule has 212 valence electrons. The molecule has 20 heteroatoms. The standard InChI is InChI=1S/C20H12N2O13S4.H3N/c23-20-14-3-9-2-11(9)13(14)7-18(39(33,34)35)19(20)22-21-15-6-12-8(4-17(15)38(30,31)32)1-10(36(24,25)26)5-16(12)37(27,28)29;/h1-7,23H,(H,24,25,26)(H,27,28,29)(H,30,31,32)(H,33,34,35);1H3. The first kappa shape index (κ1) is 29.4. The summed E-state index contributed by atoms with van der Waals surface area (Å²) >= 11 is 0. The average Bonchev–Trinajstić information content (AvgIpc) is 3.46. The fourth-order valence-electron chi connectivity index (χ4n) is 4.01. The van der Waals surface area contributed by atoms with Crippen molar-refractivity contribution in [3.63, 3.8) is 0 Å². The van der Waals surface area contributed by atoms with Gasteiger partial charge in [-0.05, 0) is 64.4 Å². The van der Waals surface area contributed by atoms with Gasteiger partial charge in [0.05, 0.1) is 4.90 Å². The molecule has 0 saturated heterocycles. The quantitative estimate of drug-likeness (QED) is 0.116. The van der Waals surface area contributed by atoms with E-state index >= 15 is 0 Å². The minimum atomic E-state index is -5.21. The number of hydrogen-bond donors (Lipinski definition) is 6. The van der Waals surface area contributed by atoms with Gasteiger partial charge in [-0.15, -0.1) is 10.2 Å². The summed E-state index contributed by atoms with van der Waals surface area (Å²) in [4.78, 5) is -4.14. The van der Waals surface area contributed by atoms with Crippen molar-refractivity contribution in [1.29, 1.82) is 0 Å². The molecule has 0 radical (unpaired) electrons. The Morgan fingerprint density at radius 3 is 1.70 bits per heavy atom. The molecule has 0 aromatic heterocycles. The van der Waals surface area contributed by atoms with Gasteiger partial charge in [0, 0.05) is 10.8 Å². The number of fused-ring (bicyclic) bond motifs is 4. The van der Waals surface area contributed by atoms with Crippen molar-refractivity contribution in [2.24, 2.45) is 10.2 Å². The van der Waals surface area contributed by atoms with Crippen molar-refractivity contribution in [3.05, 3.63) is 42.5 Å². The van der Waals surface area contributed by atoms with Crippen LogP contribution in [0.3, 0.4) is 0 Å².